The van der Waals surface area contributed by atoms with Gasteiger partial charge in [0.2, 0.25) is 0 Å². The van der Waals surface area contributed by atoms with Crippen LogP contribution < -0.4 is 5.32 Å². The standard InChI is InChI=1S/C18H38NO3P/c1-4-7-12-17(13-8-5-2)14-10-11-15-18(17,23(20,21)22)19-16-9-6-3/h19H,4-16H2,1-3H3,(H2,20,21,22). The summed E-state index contributed by atoms with van der Waals surface area (Å²) < 4.78 is 12.7. The van der Waals surface area contributed by atoms with E-state index in [1.165, 1.54) is 0 Å². The molecule has 138 valence electrons. The highest BCUT2D eigenvalue weighted by molar-refractivity contribution is 7.53. The van der Waals surface area contributed by atoms with E-state index >= 15 is 0 Å². The molecule has 1 rings (SSSR count). The van der Waals surface area contributed by atoms with Crippen molar-refractivity contribution >= 4 is 7.60 Å². The van der Waals surface area contributed by atoms with Gasteiger partial charge in [-0.1, -0.05) is 65.7 Å². The van der Waals surface area contributed by atoms with Gasteiger partial charge in [-0.25, -0.2) is 0 Å². The van der Waals surface area contributed by atoms with Crippen LogP contribution in [0.2, 0.25) is 0 Å². The Hall–Kier alpha value is 0.110. The molecule has 0 radical (unpaired) electrons. The highest BCUT2D eigenvalue weighted by Gasteiger charge is 2.60. The lowest BCUT2D eigenvalue weighted by molar-refractivity contribution is 0.0450. The predicted octanol–water partition coefficient (Wildman–Crippen LogP) is 5.19. The van der Waals surface area contributed by atoms with Crippen LogP contribution in [0.5, 0.6) is 0 Å². The maximum Gasteiger partial charge on any atom is 0.345 e. The maximum atomic E-state index is 12.7. The fourth-order valence-corrected chi connectivity index (χ4v) is 6.16. The summed E-state index contributed by atoms with van der Waals surface area (Å²) in [6.07, 6.45) is 11.8. The van der Waals surface area contributed by atoms with Crippen molar-refractivity contribution in [2.24, 2.45) is 5.41 Å². The van der Waals surface area contributed by atoms with Gasteiger partial charge in [0.05, 0.1) is 0 Å². The first-order chi connectivity index (χ1) is 10.9. The molecule has 23 heavy (non-hydrogen) atoms. The minimum atomic E-state index is -4.23. The second kappa shape index (κ2) is 9.56. The van der Waals surface area contributed by atoms with Gasteiger partial charge in [0.1, 0.15) is 5.28 Å². The first-order valence-electron chi connectivity index (χ1n) is 9.70. The Morgan fingerprint density at radius 2 is 1.43 bits per heavy atom. The van der Waals surface area contributed by atoms with E-state index < -0.39 is 12.9 Å². The minimum Gasteiger partial charge on any atom is -0.323 e. The molecular weight excluding hydrogens is 309 g/mol. The second-order valence-electron chi connectivity index (χ2n) is 7.38. The largest absolute Gasteiger partial charge is 0.345 e. The maximum absolute atomic E-state index is 12.7. The molecule has 0 saturated heterocycles. The van der Waals surface area contributed by atoms with E-state index in [1.807, 2.05) is 0 Å². The summed E-state index contributed by atoms with van der Waals surface area (Å²) in [7, 11) is -4.23. The molecule has 0 aromatic heterocycles. The summed E-state index contributed by atoms with van der Waals surface area (Å²) in [6.45, 7) is 7.16. The summed E-state index contributed by atoms with van der Waals surface area (Å²) in [5, 5.41) is 2.42. The van der Waals surface area contributed by atoms with Crippen LogP contribution in [-0.2, 0) is 4.57 Å². The van der Waals surface area contributed by atoms with Gasteiger partial charge in [0.25, 0.3) is 0 Å². The molecule has 4 nitrogen and oxygen atoms in total. The summed E-state index contributed by atoms with van der Waals surface area (Å²) in [4.78, 5) is 20.8. The number of nitrogens with one attached hydrogen (secondary N) is 1. The number of unbranched alkanes of at least 4 members (excludes halogenated alkanes) is 3. The molecule has 3 N–H and O–H groups in total. The normalized spacial score (nSPS) is 24.7. The molecule has 1 aliphatic carbocycles. The third kappa shape index (κ3) is 4.81. The van der Waals surface area contributed by atoms with Crippen LogP contribution in [0.25, 0.3) is 0 Å². The van der Waals surface area contributed by atoms with Crippen molar-refractivity contribution in [1.82, 2.24) is 5.32 Å². The van der Waals surface area contributed by atoms with Crippen LogP contribution in [-0.4, -0.2) is 21.6 Å². The molecule has 0 spiro atoms. The highest BCUT2D eigenvalue weighted by Crippen LogP contribution is 2.66. The molecule has 0 bridgehead atoms. The molecule has 1 aliphatic rings. The van der Waals surface area contributed by atoms with Gasteiger partial charge in [-0.05, 0) is 38.6 Å². The molecular formula is C18H38NO3P. The van der Waals surface area contributed by atoms with Crippen molar-refractivity contribution in [3.8, 4) is 0 Å². The monoisotopic (exact) mass is 347 g/mol. The first kappa shape index (κ1) is 21.2. The molecule has 0 amide bonds. The zero-order valence-corrected chi connectivity index (χ0v) is 16.3. The molecule has 0 aliphatic heterocycles. The molecule has 1 saturated carbocycles. The molecule has 1 fully saturated rings. The van der Waals surface area contributed by atoms with Crippen molar-refractivity contribution in [2.45, 2.75) is 103 Å². The van der Waals surface area contributed by atoms with E-state index in [1.54, 1.807) is 0 Å². The van der Waals surface area contributed by atoms with Gasteiger partial charge in [-0.2, -0.15) is 0 Å². The lowest BCUT2D eigenvalue weighted by Gasteiger charge is -2.54. The number of hydrogen-bond acceptors (Lipinski definition) is 2. The highest BCUT2D eigenvalue weighted by atomic mass is 31.2. The number of rotatable bonds is 11. The van der Waals surface area contributed by atoms with Gasteiger partial charge in [-0.15, -0.1) is 0 Å². The van der Waals surface area contributed by atoms with Crippen LogP contribution in [0.15, 0.2) is 0 Å². The van der Waals surface area contributed by atoms with E-state index in [-0.39, 0.29) is 5.41 Å². The molecule has 0 aromatic rings. The van der Waals surface area contributed by atoms with Crippen LogP contribution in [0.3, 0.4) is 0 Å². The quantitative estimate of drug-likeness (QED) is 0.355. The van der Waals surface area contributed by atoms with Crippen molar-refractivity contribution < 1.29 is 14.4 Å². The van der Waals surface area contributed by atoms with Crippen molar-refractivity contribution in [1.29, 1.82) is 0 Å². The SMILES string of the molecule is CCCCNC1(P(=O)(O)O)CCCCC1(CCCC)CCCC. The van der Waals surface area contributed by atoms with E-state index in [0.717, 1.165) is 70.6 Å². The van der Waals surface area contributed by atoms with Gasteiger partial charge < -0.3 is 15.1 Å². The third-order valence-corrected chi connectivity index (χ3v) is 7.63. The Balaban J connectivity index is 3.21. The van der Waals surface area contributed by atoms with Gasteiger partial charge >= 0.3 is 7.60 Å². The summed E-state index contributed by atoms with van der Waals surface area (Å²) in [5.41, 5.74) is -0.246. The second-order valence-corrected chi connectivity index (χ2v) is 9.23. The Morgan fingerprint density at radius 1 is 0.913 bits per heavy atom. The van der Waals surface area contributed by atoms with Crippen LogP contribution >= 0.6 is 7.60 Å². The van der Waals surface area contributed by atoms with E-state index in [0.29, 0.717) is 13.0 Å². The van der Waals surface area contributed by atoms with Crippen molar-refractivity contribution in [3.63, 3.8) is 0 Å². The van der Waals surface area contributed by atoms with Gasteiger partial charge in [-0.3, -0.25) is 4.57 Å². The fourth-order valence-electron chi connectivity index (χ4n) is 4.44. The van der Waals surface area contributed by atoms with Crippen LogP contribution in [0, 0.1) is 5.41 Å². The Morgan fingerprint density at radius 3 is 1.91 bits per heavy atom. The average Bonchev–Trinajstić information content (AvgIpc) is 2.51. The van der Waals surface area contributed by atoms with Crippen LogP contribution in [0.1, 0.15) is 97.8 Å². The molecule has 5 heteroatoms. The van der Waals surface area contributed by atoms with Crippen LogP contribution in [0.4, 0.5) is 0 Å². The third-order valence-electron chi connectivity index (χ3n) is 5.78. The fraction of sp³-hybridized carbons (Fsp3) is 1.00. The van der Waals surface area contributed by atoms with Gasteiger partial charge in [0, 0.05) is 5.41 Å². The Labute approximate surface area is 143 Å². The molecule has 1 atom stereocenters. The Bertz CT molecular complexity index is 374. The van der Waals surface area contributed by atoms with E-state index in [2.05, 4.69) is 26.1 Å². The average molecular weight is 347 g/mol. The zero-order valence-electron chi connectivity index (χ0n) is 15.4. The van der Waals surface area contributed by atoms with E-state index in [4.69, 9.17) is 0 Å². The lowest BCUT2D eigenvalue weighted by atomic mass is 9.64. The van der Waals surface area contributed by atoms with Crippen molar-refractivity contribution in [3.05, 3.63) is 0 Å². The lowest BCUT2D eigenvalue weighted by Crippen LogP contribution is -2.60. The predicted molar refractivity (Wildman–Crippen MR) is 97.6 cm³/mol. The minimum absolute atomic E-state index is 0.246. The molecule has 0 heterocycles. The smallest absolute Gasteiger partial charge is 0.323 e. The Kier molecular flexibility index (Phi) is 8.79. The van der Waals surface area contributed by atoms with Gasteiger partial charge in [0.15, 0.2) is 0 Å². The summed E-state index contributed by atoms with van der Waals surface area (Å²) in [6, 6.07) is 0. The van der Waals surface area contributed by atoms with Crippen molar-refractivity contribution in [2.75, 3.05) is 6.54 Å². The topological polar surface area (TPSA) is 69.6 Å². The zero-order chi connectivity index (χ0) is 17.4. The number of hydrogen-bond donors (Lipinski definition) is 3. The molecule has 1 unspecified atom stereocenters. The summed E-state index contributed by atoms with van der Waals surface area (Å²) >= 11 is 0. The molecule has 0 aromatic carbocycles. The summed E-state index contributed by atoms with van der Waals surface area (Å²) in [5.74, 6) is 0. The first-order valence-corrected chi connectivity index (χ1v) is 11.3. The van der Waals surface area contributed by atoms with E-state index in [9.17, 15) is 14.4 Å².